The molecular weight excluding hydrogens is 242 g/mol. The number of likely N-dealkylation sites (N-methyl/N-ethyl adjacent to an activating group) is 1. The fourth-order valence-electron chi connectivity index (χ4n) is 2.53. The van der Waals surface area contributed by atoms with Crippen LogP contribution >= 0.6 is 0 Å². The molecule has 2 heterocycles. The van der Waals surface area contributed by atoms with E-state index in [1.54, 1.807) is 11.1 Å². The smallest absolute Gasteiger partial charge is 0.239 e. The van der Waals surface area contributed by atoms with Crippen LogP contribution in [0.1, 0.15) is 18.4 Å². The monoisotopic (exact) mass is 263 g/mol. The van der Waals surface area contributed by atoms with Crippen molar-refractivity contribution >= 4 is 5.91 Å². The Morgan fingerprint density at radius 2 is 2.32 bits per heavy atom. The molecule has 1 atom stereocenters. The van der Waals surface area contributed by atoms with Crippen LogP contribution < -0.4 is 0 Å². The molecule has 1 aliphatic rings. The molecule has 2 rings (SSSR count). The van der Waals surface area contributed by atoms with E-state index in [0.29, 0.717) is 13.0 Å². The molecule has 0 aromatic carbocycles. The second-order valence-corrected chi connectivity index (χ2v) is 4.97. The fourth-order valence-corrected chi connectivity index (χ4v) is 2.53. The SMILES string of the molecule is CN1CCCN(Cc2cccnc2)C(CCO)C1=O. The minimum atomic E-state index is -0.224. The molecule has 1 amide bonds. The molecule has 5 heteroatoms. The van der Waals surface area contributed by atoms with Crippen LogP contribution in [0.5, 0.6) is 0 Å². The molecule has 1 N–H and O–H groups in total. The van der Waals surface area contributed by atoms with Crippen LogP contribution in [0.3, 0.4) is 0 Å². The van der Waals surface area contributed by atoms with Crippen LogP contribution in [0.25, 0.3) is 0 Å². The highest BCUT2D eigenvalue weighted by atomic mass is 16.3. The topological polar surface area (TPSA) is 56.7 Å². The zero-order valence-corrected chi connectivity index (χ0v) is 11.3. The van der Waals surface area contributed by atoms with Crippen molar-refractivity contribution in [3.8, 4) is 0 Å². The molecule has 1 saturated heterocycles. The van der Waals surface area contributed by atoms with Crippen LogP contribution in [-0.4, -0.2) is 58.6 Å². The Morgan fingerprint density at radius 1 is 1.47 bits per heavy atom. The third-order valence-corrected chi connectivity index (χ3v) is 3.55. The second kappa shape index (κ2) is 6.63. The minimum Gasteiger partial charge on any atom is -0.396 e. The number of aliphatic hydroxyl groups is 1. The predicted octanol–water partition coefficient (Wildman–Crippen LogP) is 0.497. The van der Waals surface area contributed by atoms with Crippen molar-refractivity contribution < 1.29 is 9.90 Å². The van der Waals surface area contributed by atoms with E-state index in [2.05, 4.69) is 9.88 Å². The number of carbonyl (C=O) groups is 1. The molecule has 0 saturated carbocycles. The maximum atomic E-state index is 12.3. The van der Waals surface area contributed by atoms with Crippen molar-refractivity contribution in [2.45, 2.75) is 25.4 Å². The van der Waals surface area contributed by atoms with Crippen LogP contribution in [0, 0.1) is 0 Å². The number of pyridine rings is 1. The number of amides is 1. The van der Waals surface area contributed by atoms with Gasteiger partial charge in [-0.25, -0.2) is 0 Å². The van der Waals surface area contributed by atoms with Crippen molar-refractivity contribution in [2.75, 3.05) is 26.7 Å². The lowest BCUT2D eigenvalue weighted by atomic mass is 10.1. The number of hydrogen-bond donors (Lipinski definition) is 1. The van der Waals surface area contributed by atoms with E-state index in [1.165, 1.54) is 0 Å². The molecule has 0 bridgehead atoms. The van der Waals surface area contributed by atoms with Gasteiger partial charge in [0.15, 0.2) is 0 Å². The van der Waals surface area contributed by atoms with Crippen molar-refractivity contribution in [3.05, 3.63) is 30.1 Å². The van der Waals surface area contributed by atoms with Crippen LogP contribution in [0.4, 0.5) is 0 Å². The maximum Gasteiger partial charge on any atom is 0.239 e. The van der Waals surface area contributed by atoms with Crippen molar-refractivity contribution in [2.24, 2.45) is 0 Å². The average Bonchev–Trinajstić information content (AvgIpc) is 2.55. The van der Waals surface area contributed by atoms with Gasteiger partial charge in [0, 0.05) is 45.7 Å². The molecule has 5 nitrogen and oxygen atoms in total. The zero-order valence-electron chi connectivity index (χ0n) is 11.3. The summed E-state index contributed by atoms with van der Waals surface area (Å²) in [4.78, 5) is 20.3. The summed E-state index contributed by atoms with van der Waals surface area (Å²) in [6, 6.07) is 3.70. The van der Waals surface area contributed by atoms with E-state index in [1.807, 2.05) is 25.4 Å². The maximum absolute atomic E-state index is 12.3. The molecule has 0 radical (unpaired) electrons. The van der Waals surface area contributed by atoms with Gasteiger partial charge in [0.25, 0.3) is 0 Å². The highest BCUT2D eigenvalue weighted by Gasteiger charge is 2.30. The first-order valence-corrected chi connectivity index (χ1v) is 6.71. The molecule has 0 spiro atoms. The first-order valence-electron chi connectivity index (χ1n) is 6.71. The normalized spacial score (nSPS) is 21.5. The Bertz CT molecular complexity index is 410. The highest BCUT2D eigenvalue weighted by Crippen LogP contribution is 2.16. The molecule has 104 valence electrons. The third-order valence-electron chi connectivity index (χ3n) is 3.55. The summed E-state index contributed by atoms with van der Waals surface area (Å²) in [6.45, 7) is 2.39. The Balaban J connectivity index is 2.13. The Kier molecular flexibility index (Phi) is 4.87. The summed E-state index contributed by atoms with van der Waals surface area (Å²) in [5, 5.41) is 9.19. The Hall–Kier alpha value is -1.46. The first kappa shape index (κ1) is 14.0. The summed E-state index contributed by atoms with van der Waals surface area (Å²) in [5.41, 5.74) is 1.10. The third kappa shape index (κ3) is 3.52. The number of hydrogen-bond acceptors (Lipinski definition) is 4. The van der Waals surface area contributed by atoms with Gasteiger partial charge in [-0.15, -0.1) is 0 Å². The standard InChI is InChI=1S/C14H21N3O2/c1-16-7-3-8-17(13(5-9-18)14(16)19)11-12-4-2-6-15-10-12/h2,4,6,10,13,18H,3,5,7-9,11H2,1H3. The summed E-state index contributed by atoms with van der Waals surface area (Å²) in [6.07, 6.45) is 5.03. The summed E-state index contributed by atoms with van der Waals surface area (Å²) >= 11 is 0. The number of aromatic nitrogens is 1. The van der Waals surface area contributed by atoms with Gasteiger partial charge in [0.2, 0.25) is 5.91 Å². The highest BCUT2D eigenvalue weighted by molar-refractivity contribution is 5.81. The quantitative estimate of drug-likeness (QED) is 0.859. The largest absolute Gasteiger partial charge is 0.396 e. The number of carbonyl (C=O) groups excluding carboxylic acids is 1. The van der Waals surface area contributed by atoms with Gasteiger partial charge in [0.05, 0.1) is 6.04 Å². The minimum absolute atomic E-state index is 0.0355. The molecule has 19 heavy (non-hydrogen) atoms. The molecule has 1 aromatic heterocycles. The van der Waals surface area contributed by atoms with Gasteiger partial charge in [0.1, 0.15) is 0 Å². The number of nitrogens with zero attached hydrogens (tertiary/aromatic N) is 3. The van der Waals surface area contributed by atoms with Gasteiger partial charge >= 0.3 is 0 Å². The van der Waals surface area contributed by atoms with E-state index in [-0.39, 0.29) is 18.6 Å². The van der Waals surface area contributed by atoms with Gasteiger partial charge in [-0.3, -0.25) is 14.7 Å². The van der Waals surface area contributed by atoms with Crippen LogP contribution in [-0.2, 0) is 11.3 Å². The zero-order chi connectivity index (χ0) is 13.7. The van der Waals surface area contributed by atoms with E-state index in [9.17, 15) is 9.90 Å². The first-order chi connectivity index (χ1) is 9.22. The number of rotatable bonds is 4. The molecule has 0 aliphatic carbocycles. The van der Waals surface area contributed by atoms with Gasteiger partial charge in [-0.2, -0.15) is 0 Å². The van der Waals surface area contributed by atoms with Gasteiger partial charge < -0.3 is 10.0 Å². The van der Waals surface area contributed by atoms with Crippen LogP contribution in [0.2, 0.25) is 0 Å². The predicted molar refractivity (Wildman–Crippen MR) is 72.4 cm³/mol. The lowest BCUT2D eigenvalue weighted by Crippen LogP contribution is -2.44. The summed E-state index contributed by atoms with van der Waals surface area (Å²) in [7, 11) is 1.83. The fraction of sp³-hybridized carbons (Fsp3) is 0.571. The number of aliphatic hydroxyl groups excluding tert-OH is 1. The van der Waals surface area contributed by atoms with Crippen molar-refractivity contribution in [1.82, 2.24) is 14.8 Å². The van der Waals surface area contributed by atoms with E-state index >= 15 is 0 Å². The average molecular weight is 263 g/mol. The van der Waals surface area contributed by atoms with Crippen molar-refractivity contribution in [1.29, 1.82) is 0 Å². The summed E-state index contributed by atoms with van der Waals surface area (Å²) in [5.74, 6) is 0.107. The Labute approximate surface area is 113 Å². The van der Waals surface area contributed by atoms with Gasteiger partial charge in [-0.1, -0.05) is 6.07 Å². The summed E-state index contributed by atoms with van der Waals surface area (Å²) < 4.78 is 0. The van der Waals surface area contributed by atoms with E-state index in [4.69, 9.17) is 0 Å². The van der Waals surface area contributed by atoms with Crippen LogP contribution in [0.15, 0.2) is 24.5 Å². The van der Waals surface area contributed by atoms with Gasteiger partial charge in [-0.05, 0) is 24.5 Å². The van der Waals surface area contributed by atoms with Crippen molar-refractivity contribution in [3.63, 3.8) is 0 Å². The Morgan fingerprint density at radius 3 is 3.00 bits per heavy atom. The van der Waals surface area contributed by atoms with E-state index in [0.717, 1.165) is 25.1 Å². The molecular formula is C14H21N3O2. The lowest BCUT2D eigenvalue weighted by molar-refractivity contribution is -0.134. The lowest BCUT2D eigenvalue weighted by Gasteiger charge is -2.29. The molecule has 1 aliphatic heterocycles. The molecule has 1 unspecified atom stereocenters. The second-order valence-electron chi connectivity index (χ2n) is 4.97. The van der Waals surface area contributed by atoms with E-state index < -0.39 is 0 Å². The molecule has 1 fully saturated rings. The molecule has 1 aromatic rings.